The minimum atomic E-state index is -3.46. The zero-order chi connectivity index (χ0) is 16.4. The predicted molar refractivity (Wildman–Crippen MR) is 85.7 cm³/mol. The highest BCUT2D eigenvalue weighted by atomic mass is 32.2. The Bertz CT molecular complexity index is 668. The number of carbonyl (C=O) groups is 1. The van der Waals surface area contributed by atoms with Crippen LogP contribution in [-0.4, -0.2) is 69.5 Å². The van der Waals surface area contributed by atoms with E-state index in [2.05, 4.69) is 5.32 Å². The summed E-state index contributed by atoms with van der Waals surface area (Å²) in [5.74, 6) is 0.119. The number of ether oxygens (including phenoxy) is 1. The van der Waals surface area contributed by atoms with Crippen molar-refractivity contribution in [2.24, 2.45) is 0 Å². The molecule has 1 aromatic carbocycles. The molecule has 0 spiro atoms. The summed E-state index contributed by atoms with van der Waals surface area (Å²) in [6.45, 7) is 2.30. The lowest BCUT2D eigenvalue weighted by molar-refractivity contribution is -0.126. The molecule has 1 amide bonds. The third-order valence-electron chi connectivity index (χ3n) is 4.17. The van der Waals surface area contributed by atoms with Gasteiger partial charge in [0.25, 0.3) is 0 Å². The number of morpholine rings is 1. The number of amides is 1. The average molecular weight is 339 g/mol. The van der Waals surface area contributed by atoms with Crippen LogP contribution in [0.5, 0.6) is 0 Å². The summed E-state index contributed by atoms with van der Waals surface area (Å²) in [6.07, 6.45) is 0.463. The van der Waals surface area contributed by atoms with Gasteiger partial charge in [-0.25, -0.2) is 8.42 Å². The zero-order valence-corrected chi connectivity index (χ0v) is 13.9. The van der Waals surface area contributed by atoms with Crippen LogP contribution in [0.4, 0.5) is 5.69 Å². The standard InChI is InChI=1S/C15H21N3O4S/c1-17-11-13(10-15(17)19)16-12-2-4-14(5-3-12)23(20,21)18-6-8-22-9-7-18/h2-5,13,16H,6-11H2,1H3. The third kappa shape index (κ3) is 3.49. The van der Waals surface area contributed by atoms with Crippen molar-refractivity contribution in [2.45, 2.75) is 17.4 Å². The fourth-order valence-electron chi connectivity index (χ4n) is 2.86. The van der Waals surface area contributed by atoms with E-state index < -0.39 is 10.0 Å². The summed E-state index contributed by atoms with van der Waals surface area (Å²) in [5.41, 5.74) is 0.819. The maximum atomic E-state index is 12.5. The summed E-state index contributed by atoms with van der Waals surface area (Å²) in [5, 5.41) is 3.27. The van der Waals surface area contributed by atoms with Gasteiger partial charge >= 0.3 is 0 Å². The first kappa shape index (κ1) is 16.2. The van der Waals surface area contributed by atoms with E-state index in [0.717, 1.165) is 5.69 Å². The molecule has 3 rings (SSSR count). The number of hydrogen-bond acceptors (Lipinski definition) is 5. The molecule has 2 saturated heterocycles. The molecule has 0 aliphatic carbocycles. The SMILES string of the molecule is CN1CC(Nc2ccc(S(=O)(=O)N3CCOCC3)cc2)CC1=O. The maximum absolute atomic E-state index is 12.5. The molecule has 0 radical (unpaired) electrons. The number of carbonyl (C=O) groups excluding carboxylic acids is 1. The summed E-state index contributed by atoms with van der Waals surface area (Å²) < 4.78 is 31.7. The molecule has 0 aromatic heterocycles. The second-order valence-electron chi connectivity index (χ2n) is 5.86. The van der Waals surface area contributed by atoms with Gasteiger partial charge in [-0.3, -0.25) is 4.79 Å². The largest absolute Gasteiger partial charge is 0.380 e. The van der Waals surface area contributed by atoms with Gasteiger partial charge in [-0.05, 0) is 24.3 Å². The van der Waals surface area contributed by atoms with Crippen molar-refractivity contribution in [2.75, 3.05) is 45.2 Å². The number of rotatable bonds is 4. The van der Waals surface area contributed by atoms with Crippen molar-refractivity contribution in [3.05, 3.63) is 24.3 Å². The van der Waals surface area contributed by atoms with E-state index in [1.165, 1.54) is 4.31 Å². The molecule has 1 aromatic rings. The quantitative estimate of drug-likeness (QED) is 0.856. The Kier molecular flexibility index (Phi) is 4.56. The highest BCUT2D eigenvalue weighted by Crippen LogP contribution is 2.21. The van der Waals surface area contributed by atoms with Crippen molar-refractivity contribution < 1.29 is 17.9 Å². The Morgan fingerprint density at radius 1 is 1.17 bits per heavy atom. The Hall–Kier alpha value is -1.64. The van der Waals surface area contributed by atoms with Gasteiger partial charge in [-0.1, -0.05) is 0 Å². The molecular formula is C15H21N3O4S. The summed E-state index contributed by atoms with van der Waals surface area (Å²) in [6, 6.07) is 6.77. The fraction of sp³-hybridized carbons (Fsp3) is 0.533. The molecule has 1 unspecified atom stereocenters. The van der Waals surface area contributed by atoms with Crippen LogP contribution >= 0.6 is 0 Å². The third-order valence-corrected chi connectivity index (χ3v) is 6.09. The first-order chi connectivity index (χ1) is 11.0. The molecule has 23 heavy (non-hydrogen) atoms. The molecule has 2 aliphatic heterocycles. The molecule has 0 bridgehead atoms. The van der Waals surface area contributed by atoms with Crippen LogP contribution in [0.3, 0.4) is 0 Å². The van der Waals surface area contributed by atoms with Crippen LogP contribution in [-0.2, 0) is 19.6 Å². The van der Waals surface area contributed by atoms with E-state index in [1.807, 2.05) is 0 Å². The van der Waals surface area contributed by atoms with E-state index >= 15 is 0 Å². The number of likely N-dealkylation sites (tertiary alicyclic amines) is 1. The molecule has 8 heteroatoms. The van der Waals surface area contributed by atoms with Crippen molar-refractivity contribution in [3.63, 3.8) is 0 Å². The highest BCUT2D eigenvalue weighted by Gasteiger charge is 2.28. The number of nitrogens with one attached hydrogen (secondary N) is 1. The number of hydrogen-bond donors (Lipinski definition) is 1. The lowest BCUT2D eigenvalue weighted by Gasteiger charge is -2.26. The van der Waals surface area contributed by atoms with Crippen molar-refractivity contribution in [1.82, 2.24) is 9.21 Å². The molecular weight excluding hydrogens is 318 g/mol. The smallest absolute Gasteiger partial charge is 0.243 e. The molecule has 2 aliphatic rings. The van der Waals surface area contributed by atoms with Crippen LogP contribution in [0.15, 0.2) is 29.2 Å². The number of nitrogens with zero attached hydrogens (tertiary/aromatic N) is 2. The summed E-state index contributed by atoms with van der Waals surface area (Å²) in [4.78, 5) is 13.5. The average Bonchev–Trinajstić information content (AvgIpc) is 2.86. The molecule has 7 nitrogen and oxygen atoms in total. The summed E-state index contributed by atoms with van der Waals surface area (Å²) in [7, 11) is -1.68. The minimum Gasteiger partial charge on any atom is -0.380 e. The summed E-state index contributed by atoms with van der Waals surface area (Å²) >= 11 is 0. The van der Waals surface area contributed by atoms with Crippen LogP contribution in [0.25, 0.3) is 0 Å². The van der Waals surface area contributed by atoms with Gasteiger partial charge in [0.05, 0.1) is 24.2 Å². The van der Waals surface area contributed by atoms with Gasteiger partial charge in [0.1, 0.15) is 0 Å². The van der Waals surface area contributed by atoms with Gasteiger partial charge in [0, 0.05) is 38.8 Å². The lowest BCUT2D eigenvalue weighted by Crippen LogP contribution is -2.40. The topological polar surface area (TPSA) is 79.0 Å². The first-order valence-corrected chi connectivity index (χ1v) is 9.09. The molecule has 2 fully saturated rings. The van der Waals surface area contributed by atoms with Gasteiger partial charge < -0.3 is 15.0 Å². The molecule has 126 valence electrons. The van der Waals surface area contributed by atoms with Crippen LogP contribution in [0, 0.1) is 0 Å². The first-order valence-electron chi connectivity index (χ1n) is 7.65. The number of benzene rings is 1. The van der Waals surface area contributed by atoms with E-state index in [0.29, 0.717) is 39.3 Å². The molecule has 2 heterocycles. The lowest BCUT2D eigenvalue weighted by atomic mass is 10.2. The van der Waals surface area contributed by atoms with E-state index in [9.17, 15) is 13.2 Å². The minimum absolute atomic E-state index is 0.0641. The Balaban J connectivity index is 1.68. The van der Waals surface area contributed by atoms with Crippen molar-refractivity contribution >= 4 is 21.6 Å². The fourth-order valence-corrected chi connectivity index (χ4v) is 4.26. The van der Waals surface area contributed by atoms with E-state index in [1.54, 1.807) is 36.2 Å². The number of sulfonamides is 1. The predicted octanol–water partition coefficient (Wildman–Crippen LogP) is 0.350. The van der Waals surface area contributed by atoms with E-state index in [4.69, 9.17) is 4.74 Å². The number of likely N-dealkylation sites (N-methyl/N-ethyl adjacent to an activating group) is 1. The Morgan fingerprint density at radius 3 is 2.39 bits per heavy atom. The molecule has 0 saturated carbocycles. The molecule has 1 N–H and O–H groups in total. The van der Waals surface area contributed by atoms with E-state index in [-0.39, 0.29) is 16.8 Å². The Labute approximate surface area is 136 Å². The van der Waals surface area contributed by atoms with Gasteiger partial charge in [-0.15, -0.1) is 0 Å². The second-order valence-corrected chi connectivity index (χ2v) is 7.80. The normalized spacial score (nSPS) is 23.3. The van der Waals surface area contributed by atoms with Crippen LogP contribution < -0.4 is 5.32 Å². The van der Waals surface area contributed by atoms with Gasteiger partial charge in [0.2, 0.25) is 15.9 Å². The van der Waals surface area contributed by atoms with Crippen molar-refractivity contribution in [1.29, 1.82) is 0 Å². The second kappa shape index (κ2) is 6.46. The highest BCUT2D eigenvalue weighted by molar-refractivity contribution is 7.89. The number of anilines is 1. The van der Waals surface area contributed by atoms with Gasteiger partial charge in [-0.2, -0.15) is 4.31 Å². The molecule has 1 atom stereocenters. The van der Waals surface area contributed by atoms with Crippen LogP contribution in [0.1, 0.15) is 6.42 Å². The monoisotopic (exact) mass is 339 g/mol. The van der Waals surface area contributed by atoms with Gasteiger partial charge in [0.15, 0.2) is 0 Å². The van der Waals surface area contributed by atoms with Crippen LogP contribution in [0.2, 0.25) is 0 Å². The Morgan fingerprint density at radius 2 is 1.83 bits per heavy atom. The van der Waals surface area contributed by atoms with Crippen molar-refractivity contribution in [3.8, 4) is 0 Å². The maximum Gasteiger partial charge on any atom is 0.243 e. The zero-order valence-electron chi connectivity index (χ0n) is 13.1.